The van der Waals surface area contributed by atoms with Crippen molar-refractivity contribution in [1.29, 1.82) is 0 Å². The third-order valence-electron chi connectivity index (χ3n) is 2.20. The molecule has 1 aromatic carbocycles. The molecule has 0 atom stereocenters. The van der Waals surface area contributed by atoms with Gasteiger partial charge in [0.25, 0.3) is 0 Å². The Morgan fingerprint density at radius 2 is 1.75 bits per heavy atom. The molecule has 2 rings (SSSR count). The van der Waals surface area contributed by atoms with Gasteiger partial charge >= 0.3 is 0 Å². The summed E-state index contributed by atoms with van der Waals surface area (Å²) in [6.45, 7) is 0. The fraction of sp³-hybridized carbons (Fsp3) is 0.0909. The summed E-state index contributed by atoms with van der Waals surface area (Å²) in [5, 5.41) is 0. The van der Waals surface area contributed by atoms with Gasteiger partial charge in [0.05, 0.1) is 5.75 Å². The Balaban J connectivity index is 2.27. The molecule has 0 amide bonds. The summed E-state index contributed by atoms with van der Waals surface area (Å²) >= 11 is 0. The number of hydrogen-bond acceptors (Lipinski definition) is 2. The molecule has 0 unspecified atom stereocenters. The van der Waals surface area contributed by atoms with E-state index in [1.165, 1.54) is 12.1 Å². The van der Waals surface area contributed by atoms with E-state index in [4.69, 9.17) is 0 Å². The average Bonchev–Trinajstić information content (AvgIpc) is 2.66. The molecule has 0 bridgehead atoms. The van der Waals surface area contributed by atoms with Gasteiger partial charge in [-0.1, -0.05) is 0 Å². The van der Waals surface area contributed by atoms with Crippen molar-refractivity contribution in [2.75, 3.05) is 0 Å². The van der Waals surface area contributed by atoms with Gasteiger partial charge in [-0.15, -0.1) is 0 Å². The van der Waals surface area contributed by atoms with Crippen LogP contribution in [0, 0.1) is 5.82 Å². The van der Waals surface area contributed by atoms with Crippen LogP contribution in [0.5, 0.6) is 0 Å². The van der Waals surface area contributed by atoms with Crippen molar-refractivity contribution in [3.63, 3.8) is 0 Å². The zero-order valence-electron chi connectivity index (χ0n) is 8.31. The molecule has 1 N–H and O–H groups in total. The third-order valence-corrected chi connectivity index (χ3v) is 2.80. The van der Waals surface area contributed by atoms with Crippen LogP contribution >= 0.6 is 0 Å². The Labute approximate surface area is 93.9 Å². The number of aromatic nitrogens is 1. The van der Waals surface area contributed by atoms with Gasteiger partial charge in [-0.3, -0.25) is 0 Å². The fourth-order valence-corrected chi connectivity index (χ4v) is 1.93. The van der Waals surface area contributed by atoms with Gasteiger partial charge in [-0.05, 0) is 42.0 Å². The summed E-state index contributed by atoms with van der Waals surface area (Å²) in [6.07, 6.45) is 0. The van der Waals surface area contributed by atoms with Gasteiger partial charge in [0.2, 0.25) is 0 Å². The van der Waals surface area contributed by atoms with Crippen molar-refractivity contribution in [3.8, 4) is 11.3 Å². The highest BCUT2D eigenvalue weighted by Crippen LogP contribution is 2.18. The molecule has 0 fully saturated rings. The molecule has 3 nitrogen and oxygen atoms in total. The van der Waals surface area contributed by atoms with Crippen molar-refractivity contribution < 1.29 is 12.8 Å². The first-order chi connectivity index (χ1) is 7.65. The number of benzene rings is 1. The highest BCUT2D eigenvalue weighted by atomic mass is 32.2. The number of nitrogens with one attached hydrogen (secondary N) is 1. The number of thiol groups is 1. The lowest BCUT2D eigenvalue weighted by Crippen LogP contribution is -1.86. The van der Waals surface area contributed by atoms with Crippen molar-refractivity contribution >= 4 is 10.7 Å². The molecule has 0 aliphatic rings. The number of H-pyrrole nitrogens is 1. The van der Waals surface area contributed by atoms with Crippen molar-refractivity contribution in [2.45, 2.75) is 5.75 Å². The molecule has 5 heteroatoms. The highest BCUT2D eigenvalue weighted by molar-refractivity contribution is 7.71. The summed E-state index contributed by atoms with van der Waals surface area (Å²) in [6, 6.07) is 9.50. The first kappa shape index (κ1) is 10.9. The molecule has 0 aliphatic carbocycles. The lowest BCUT2D eigenvalue weighted by Gasteiger charge is -1.97. The summed E-state index contributed by atoms with van der Waals surface area (Å²) in [5.74, 6) is -0.297. The SMILES string of the molecule is O=[SH](=O)Cc1ccc(-c2ccc(F)cc2)[nH]1. The Bertz CT molecular complexity index is 550. The second-order valence-corrected chi connectivity index (χ2v) is 4.38. The minimum atomic E-state index is -2.43. The number of halogens is 1. The van der Waals surface area contributed by atoms with Gasteiger partial charge < -0.3 is 4.98 Å². The van der Waals surface area contributed by atoms with Crippen LogP contribution < -0.4 is 0 Å². The third kappa shape index (κ3) is 2.49. The molecule has 0 saturated heterocycles. The molecular formula is C11H10FNO2S. The van der Waals surface area contributed by atoms with Crippen LogP contribution in [0.3, 0.4) is 0 Å². The largest absolute Gasteiger partial charge is 0.358 e. The normalized spacial score (nSPS) is 10.9. The lowest BCUT2D eigenvalue weighted by atomic mass is 10.1. The van der Waals surface area contributed by atoms with E-state index in [9.17, 15) is 12.8 Å². The second kappa shape index (κ2) is 4.49. The molecule has 0 saturated carbocycles. The average molecular weight is 239 g/mol. The zero-order chi connectivity index (χ0) is 11.5. The van der Waals surface area contributed by atoms with Gasteiger partial charge in [0, 0.05) is 11.4 Å². The predicted octanol–water partition coefficient (Wildman–Crippen LogP) is 1.93. The molecule has 0 spiro atoms. The van der Waals surface area contributed by atoms with Crippen LogP contribution in [0.2, 0.25) is 0 Å². The highest BCUT2D eigenvalue weighted by Gasteiger charge is 2.02. The maximum absolute atomic E-state index is 12.7. The minimum Gasteiger partial charge on any atom is -0.358 e. The quantitative estimate of drug-likeness (QED) is 0.804. The monoisotopic (exact) mass is 239 g/mol. The van der Waals surface area contributed by atoms with E-state index < -0.39 is 10.7 Å². The van der Waals surface area contributed by atoms with Crippen molar-refractivity contribution in [2.24, 2.45) is 0 Å². The van der Waals surface area contributed by atoms with Crippen LogP contribution in [-0.4, -0.2) is 13.4 Å². The van der Waals surface area contributed by atoms with Crippen molar-refractivity contribution in [3.05, 3.63) is 47.9 Å². The number of hydrogen-bond donors (Lipinski definition) is 2. The maximum Gasteiger partial charge on any atom is 0.145 e. The van der Waals surface area contributed by atoms with Gasteiger partial charge in [-0.25, -0.2) is 12.8 Å². The lowest BCUT2D eigenvalue weighted by molar-refractivity contribution is 0.613. The van der Waals surface area contributed by atoms with Gasteiger partial charge in [0.15, 0.2) is 0 Å². The van der Waals surface area contributed by atoms with Crippen LogP contribution in [0.15, 0.2) is 36.4 Å². The standard InChI is InChI=1S/C11H10FNO2S/c12-9-3-1-8(2-4-9)11-6-5-10(13-11)7-16(14)15/h1-6,13,16H,7H2. The van der Waals surface area contributed by atoms with Crippen molar-refractivity contribution in [1.82, 2.24) is 4.98 Å². The Morgan fingerprint density at radius 1 is 1.06 bits per heavy atom. The van der Waals surface area contributed by atoms with E-state index >= 15 is 0 Å². The fourth-order valence-electron chi connectivity index (χ4n) is 1.47. The van der Waals surface area contributed by atoms with E-state index in [1.807, 2.05) is 0 Å². The molecule has 0 aliphatic heterocycles. The molecule has 84 valence electrons. The summed E-state index contributed by atoms with van der Waals surface area (Å²) < 4.78 is 33.7. The van der Waals surface area contributed by atoms with E-state index in [-0.39, 0.29) is 11.6 Å². The van der Waals surface area contributed by atoms with E-state index in [0.29, 0.717) is 5.69 Å². The van der Waals surface area contributed by atoms with Crippen LogP contribution in [0.4, 0.5) is 4.39 Å². The predicted molar refractivity (Wildman–Crippen MR) is 60.2 cm³/mol. The first-order valence-corrected chi connectivity index (χ1v) is 6.07. The maximum atomic E-state index is 12.7. The second-order valence-electron chi connectivity index (χ2n) is 3.39. The van der Waals surface area contributed by atoms with E-state index in [2.05, 4.69) is 4.98 Å². The van der Waals surface area contributed by atoms with E-state index in [0.717, 1.165) is 11.3 Å². The Hall–Kier alpha value is -1.62. The molecule has 16 heavy (non-hydrogen) atoms. The zero-order valence-corrected chi connectivity index (χ0v) is 9.21. The summed E-state index contributed by atoms with van der Waals surface area (Å²) in [7, 11) is -2.43. The Morgan fingerprint density at radius 3 is 2.38 bits per heavy atom. The smallest absolute Gasteiger partial charge is 0.145 e. The van der Waals surface area contributed by atoms with Crippen LogP contribution in [0.1, 0.15) is 5.69 Å². The first-order valence-electron chi connectivity index (χ1n) is 4.71. The number of rotatable bonds is 3. The van der Waals surface area contributed by atoms with Crippen LogP contribution in [-0.2, 0) is 16.5 Å². The molecule has 0 radical (unpaired) electrons. The summed E-state index contributed by atoms with van der Waals surface area (Å²) in [5.41, 5.74) is 2.25. The van der Waals surface area contributed by atoms with Gasteiger partial charge in [-0.2, -0.15) is 0 Å². The van der Waals surface area contributed by atoms with Gasteiger partial charge in [0.1, 0.15) is 16.5 Å². The summed E-state index contributed by atoms with van der Waals surface area (Å²) in [4.78, 5) is 2.97. The molecule has 1 aromatic heterocycles. The number of aromatic amines is 1. The Kier molecular flexibility index (Phi) is 3.05. The molecular weight excluding hydrogens is 229 g/mol. The van der Waals surface area contributed by atoms with Crippen LogP contribution in [0.25, 0.3) is 11.3 Å². The van der Waals surface area contributed by atoms with E-state index in [1.54, 1.807) is 24.3 Å². The topological polar surface area (TPSA) is 49.9 Å². The minimum absolute atomic E-state index is 0.00344. The molecule has 1 heterocycles. The molecule has 2 aromatic rings.